The van der Waals surface area contributed by atoms with Crippen LogP contribution in [-0.2, 0) is 31.0 Å². The number of carbonyl (C=O) groups is 4. The number of fused-ring (bicyclic) bond motifs is 2. The van der Waals surface area contributed by atoms with E-state index in [9.17, 15) is 36.8 Å². The van der Waals surface area contributed by atoms with E-state index in [1.165, 1.54) is 48.5 Å². The van der Waals surface area contributed by atoms with Crippen molar-refractivity contribution in [3.8, 4) is 0 Å². The standard InChI is InChI=1S/C23H18FN5O7S3/c24-11-3-1-10(2-4-11)15-16-17(20(32)29(19(16)31)22(25)33)37-21-18(15)38-23(34)28(21)9-14(30)27-12-5-7-13(8-6-12)39(26,35)36/h1-8,15-17H,9H2,(H2,25,33)(H,27,30)(H2,26,35,36). The first-order valence-corrected chi connectivity index (χ1v) is 14.4. The molecule has 3 aromatic rings. The number of carbonyl (C=O) groups excluding carboxylic acids is 4. The Morgan fingerprint density at radius 2 is 1.64 bits per heavy atom. The van der Waals surface area contributed by atoms with Gasteiger partial charge >= 0.3 is 10.9 Å². The first kappa shape index (κ1) is 26.7. The van der Waals surface area contributed by atoms with Gasteiger partial charge in [-0.05, 0) is 42.0 Å². The molecule has 0 aliphatic carbocycles. The summed E-state index contributed by atoms with van der Waals surface area (Å²) in [6, 6.07) is 9.04. The number of hydrogen-bond acceptors (Lipinski definition) is 9. The average Bonchev–Trinajstić information content (AvgIpc) is 3.30. The van der Waals surface area contributed by atoms with Gasteiger partial charge in [-0.1, -0.05) is 35.2 Å². The molecule has 0 spiro atoms. The number of urea groups is 1. The van der Waals surface area contributed by atoms with E-state index < -0.39 is 68.1 Å². The number of primary sulfonamides is 1. The number of rotatable bonds is 5. The molecule has 0 bridgehead atoms. The van der Waals surface area contributed by atoms with Crippen LogP contribution in [0.4, 0.5) is 14.9 Å². The summed E-state index contributed by atoms with van der Waals surface area (Å²) in [5.41, 5.74) is 5.97. The van der Waals surface area contributed by atoms with E-state index in [1.807, 2.05) is 0 Å². The molecule has 2 aliphatic rings. The van der Waals surface area contributed by atoms with Crippen molar-refractivity contribution in [2.45, 2.75) is 27.6 Å². The molecule has 1 fully saturated rings. The summed E-state index contributed by atoms with van der Waals surface area (Å²) in [4.78, 5) is 64.0. The largest absolute Gasteiger partial charge is 0.351 e. The highest BCUT2D eigenvalue weighted by Gasteiger charge is 2.57. The zero-order chi connectivity index (χ0) is 28.2. The molecule has 5 amide bonds. The lowest BCUT2D eigenvalue weighted by Gasteiger charge is -2.30. The molecular formula is C23H18FN5O7S3. The van der Waals surface area contributed by atoms with E-state index in [-0.39, 0.29) is 15.6 Å². The summed E-state index contributed by atoms with van der Waals surface area (Å²) >= 11 is 1.65. The molecule has 0 radical (unpaired) electrons. The van der Waals surface area contributed by atoms with E-state index >= 15 is 0 Å². The highest BCUT2D eigenvalue weighted by Crippen LogP contribution is 2.53. The Morgan fingerprint density at radius 3 is 2.23 bits per heavy atom. The highest BCUT2D eigenvalue weighted by molar-refractivity contribution is 8.00. The van der Waals surface area contributed by atoms with Gasteiger partial charge in [-0.2, -0.15) is 4.90 Å². The monoisotopic (exact) mass is 591 g/mol. The number of aromatic nitrogens is 1. The topological polar surface area (TPSA) is 192 Å². The zero-order valence-electron chi connectivity index (χ0n) is 19.6. The van der Waals surface area contributed by atoms with E-state index in [2.05, 4.69) is 5.32 Å². The Labute approximate surface area is 227 Å². The molecule has 2 aliphatic heterocycles. The third-order valence-electron chi connectivity index (χ3n) is 6.27. The van der Waals surface area contributed by atoms with Gasteiger partial charge < -0.3 is 11.1 Å². The Hall–Kier alpha value is -3.86. The van der Waals surface area contributed by atoms with Gasteiger partial charge in [-0.15, -0.1) is 0 Å². The van der Waals surface area contributed by atoms with Gasteiger partial charge in [0.25, 0.3) is 5.91 Å². The second-order valence-corrected chi connectivity index (χ2v) is 12.4. The number of imide groups is 3. The van der Waals surface area contributed by atoms with Crippen molar-refractivity contribution in [2.75, 3.05) is 5.32 Å². The van der Waals surface area contributed by atoms with Crippen molar-refractivity contribution in [3.05, 3.63) is 74.5 Å². The van der Waals surface area contributed by atoms with Crippen LogP contribution in [-0.4, -0.2) is 46.9 Å². The molecule has 1 saturated heterocycles. The molecule has 2 aromatic carbocycles. The Kier molecular flexibility index (Phi) is 6.66. The number of anilines is 1. The number of halogens is 1. The fourth-order valence-corrected chi connectivity index (χ4v) is 7.86. The number of likely N-dealkylation sites (tertiary alicyclic amines) is 1. The lowest BCUT2D eigenvalue weighted by molar-refractivity contribution is -0.135. The quantitative estimate of drug-likeness (QED) is 0.366. The van der Waals surface area contributed by atoms with Gasteiger partial charge in [0, 0.05) is 16.5 Å². The third-order valence-corrected chi connectivity index (χ3v) is 9.80. The second-order valence-electron chi connectivity index (χ2n) is 8.68. The van der Waals surface area contributed by atoms with Gasteiger partial charge in [0.1, 0.15) is 17.6 Å². The van der Waals surface area contributed by atoms with Crippen LogP contribution in [0.15, 0.2) is 63.2 Å². The van der Waals surface area contributed by atoms with Crippen LogP contribution in [0.2, 0.25) is 0 Å². The lowest BCUT2D eigenvalue weighted by Crippen LogP contribution is -2.41. The normalized spacial score (nSPS) is 20.5. The number of nitrogens with one attached hydrogen (secondary N) is 1. The predicted molar refractivity (Wildman–Crippen MR) is 138 cm³/mol. The number of primary amides is 1. The van der Waals surface area contributed by atoms with Crippen molar-refractivity contribution >= 4 is 62.6 Å². The molecule has 39 heavy (non-hydrogen) atoms. The zero-order valence-corrected chi connectivity index (χ0v) is 22.0. The van der Waals surface area contributed by atoms with Crippen molar-refractivity contribution in [3.63, 3.8) is 0 Å². The lowest BCUT2D eigenvalue weighted by atomic mass is 9.83. The Balaban J connectivity index is 1.51. The van der Waals surface area contributed by atoms with Crippen LogP contribution in [0.25, 0.3) is 0 Å². The van der Waals surface area contributed by atoms with Crippen molar-refractivity contribution in [2.24, 2.45) is 16.8 Å². The molecule has 202 valence electrons. The molecule has 16 heteroatoms. The first-order chi connectivity index (χ1) is 18.4. The molecule has 0 saturated carbocycles. The fraction of sp³-hybridized carbons (Fsp3) is 0.174. The maximum Gasteiger partial charge on any atom is 0.328 e. The van der Waals surface area contributed by atoms with Crippen molar-refractivity contribution in [1.82, 2.24) is 9.47 Å². The van der Waals surface area contributed by atoms with Crippen molar-refractivity contribution < 1.29 is 32.0 Å². The van der Waals surface area contributed by atoms with E-state index in [4.69, 9.17) is 10.9 Å². The number of thioether (sulfide) groups is 1. The van der Waals surface area contributed by atoms with Crippen LogP contribution in [0, 0.1) is 11.7 Å². The summed E-state index contributed by atoms with van der Waals surface area (Å²) in [5, 5.41) is 6.78. The minimum absolute atomic E-state index is 0.151. The Morgan fingerprint density at radius 1 is 1.00 bits per heavy atom. The predicted octanol–water partition coefficient (Wildman–Crippen LogP) is 1.00. The van der Waals surface area contributed by atoms with E-state index in [0.717, 1.165) is 27.7 Å². The highest BCUT2D eigenvalue weighted by atomic mass is 32.2. The first-order valence-electron chi connectivity index (χ1n) is 11.1. The molecule has 3 atom stereocenters. The van der Waals surface area contributed by atoms with Crippen molar-refractivity contribution in [1.29, 1.82) is 0 Å². The maximum atomic E-state index is 13.7. The van der Waals surface area contributed by atoms with Crippen LogP contribution < -0.4 is 21.1 Å². The van der Waals surface area contributed by atoms with Crippen LogP contribution >= 0.6 is 23.1 Å². The summed E-state index contributed by atoms with van der Waals surface area (Å²) in [6.07, 6.45) is 0. The summed E-state index contributed by atoms with van der Waals surface area (Å²) in [7, 11) is -3.92. The smallest absolute Gasteiger partial charge is 0.328 e. The Bertz CT molecular complexity index is 1700. The molecule has 3 heterocycles. The number of thiazole rings is 1. The van der Waals surface area contributed by atoms with Crippen LogP contribution in [0.1, 0.15) is 16.4 Å². The van der Waals surface area contributed by atoms with Crippen LogP contribution in [0.3, 0.4) is 0 Å². The second kappa shape index (κ2) is 9.71. The minimum Gasteiger partial charge on any atom is -0.351 e. The van der Waals surface area contributed by atoms with Gasteiger partial charge in [-0.3, -0.25) is 23.7 Å². The number of nitrogens with zero attached hydrogens (tertiary/aromatic N) is 2. The number of benzene rings is 2. The number of hydrogen-bond donors (Lipinski definition) is 3. The molecular weight excluding hydrogens is 573 g/mol. The van der Waals surface area contributed by atoms with Gasteiger partial charge in [0.05, 0.1) is 15.8 Å². The van der Waals surface area contributed by atoms with Crippen LogP contribution in [0.5, 0.6) is 0 Å². The number of amides is 5. The van der Waals surface area contributed by atoms with E-state index in [0.29, 0.717) is 15.3 Å². The molecule has 1 aromatic heterocycles. The molecule has 5 N–H and O–H groups in total. The van der Waals surface area contributed by atoms with Gasteiger partial charge in [-0.25, -0.2) is 22.7 Å². The summed E-state index contributed by atoms with van der Waals surface area (Å²) < 4.78 is 37.7. The number of nitrogens with two attached hydrogens (primary N) is 2. The molecule has 12 nitrogen and oxygen atoms in total. The fourth-order valence-electron chi connectivity index (χ4n) is 4.57. The number of sulfonamides is 1. The maximum absolute atomic E-state index is 13.7. The summed E-state index contributed by atoms with van der Waals surface area (Å²) in [6.45, 7) is -0.468. The minimum atomic E-state index is -3.92. The van der Waals surface area contributed by atoms with E-state index in [1.54, 1.807) is 0 Å². The summed E-state index contributed by atoms with van der Waals surface area (Å²) in [5.74, 6) is -4.78. The SMILES string of the molecule is NC(=O)N1C(=O)C2Sc3c(sc(=O)n3CC(=O)Nc3ccc(S(N)(=O)=O)cc3)C(c3ccc(F)cc3)C2C1=O. The van der Waals surface area contributed by atoms with Gasteiger partial charge in [0.2, 0.25) is 21.8 Å². The third kappa shape index (κ3) is 4.75. The average molecular weight is 592 g/mol. The molecule has 3 unspecified atom stereocenters. The van der Waals surface area contributed by atoms with Gasteiger partial charge in [0.15, 0.2) is 0 Å². The molecule has 5 rings (SSSR count).